The SMILES string of the molecule is Cc1cccc(CN(C(=O)C2C(c3ccc(OCCOc4c(Cl)cc(F)cc4Cl)cc3)CC3CNCC32)C2CC2)c1C. The van der Waals surface area contributed by atoms with E-state index >= 15 is 0 Å². The molecule has 3 aliphatic rings. The minimum atomic E-state index is -0.513. The number of carbonyl (C=O) groups is 1. The lowest BCUT2D eigenvalue weighted by Crippen LogP contribution is -2.41. The first-order valence-corrected chi connectivity index (χ1v) is 15.6. The van der Waals surface area contributed by atoms with E-state index in [1.807, 2.05) is 12.1 Å². The van der Waals surface area contributed by atoms with Gasteiger partial charge in [-0.05, 0) is 110 Å². The fourth-order valence-corrected chi connectivity index (χ4v) is 7.38. The molecule has 42 heavy (non-hydrogen) atoms. The fraction of sp³-hybridized carbons (Fsp3) is 0.441. The molecule has 4 atom stereocenters. The monoisotopic (exact) mass is 610 g/mol. The summed E-state index contributed by atoms with van der Waals surface area (Å²) >= 11 is 12.1. The first-order chi connectivity index (χ1) is 20.3. The van der Waals surface area contributed by atoms with Crippen molar-refractivity contribution in [1.82, 2.24) is 10.2 Å². The Kier molecular flexibility index (Phi) is 8.67. The van der Waals surface area contributed by atoms with Gasteiger partial charge in [-0.25, -0.2) is 4.39 Å². The number of benzene rings is 3. The number of nitrogens with one attached hydrogen (secondary N) is 1. The Bertz CT molecular complexity index is 1420. The van der Waals surface area contributed by atoms with Crippen molar-refractivity contribution in [2.24, 2.45) is 17.8 Å². The number of halogens is 3. The molecule has 3 fully saturated rings. The Morgan fingerprint density at radius 2 is 1.71 bits per heavy atom. The number of ether oxygens (including phenoxy) is 2. The van der Waals surface area contributed by atoms with Crippen LogP contribution in [0.2, 0.25) is 10.0 Å². The van der Waals surface area contributed by atoms with Crippen molar-refractivity contribution < 1.29 is 18.7 Å². The number of amides is 1. The summed E-state index contributed by atoms with van der Waals surface area (Å²) in [7, 11) is 0. The van der Waals surface area contributed by atoms with Crippen molar-refractivity contribution in [2.45, 2.75) is 51.6 Å². The van der Waals surface area contributed by atoms with Crippen molar-refractivity contribution in [1.29, 1.82) is 0 Å². The van der Waals surface area contributed by atoms with Crippen LogP contribution in [0.15, 0.2) is 54.6 Å². The number of hydrogen-bond acceptors (Lipinski definition) is 4. The predicted octanol–water partition coefficient (Wildman–Crippen LogP) is 7.34. The van der Waals surface area contributed by atoms with Crippen molar-refractivity contribution in [3.8, 4) is 11.5 Å². The molecule has 5 nitrogen and oxygen atoms in total. The van der Waals surface area contributed by atoms with Crippen LogP contribution in [0.25, 0.3) is 0 Å². The topological polar surface area (TPSA) is 50.8 Å². The molecule has 2 saturated carbocycles. The number of aryl methyl sites for hydroxylation is 1. The van der Waals surface area contributed by atoms with Crippen molar-refractivity contribution in [3.63, 3.8) is 0 Å². The summed E-state index contributed by atoms with van der Waals surface area (Å²) in [5.74, 6) is 1.81. The smallest absolute Gasteiger partial charge is 0.227 e. The van der Waals surface area contributed by atoms with Gasteiger partial charge in [-0.3, -0.25) is 4.79 Å². The molecular formula is C34H37Cl2FN2O3. The molecule has 1 aliphatic heterocycles. The van der Waals surface area contributed by atoms with Crippen LogP contribution in [-0.2, 0) is 11.3 Å². The lowest BCUT2D eigenvalue weighted by atomic mass is 9.83. The van der Waals surface area contributed by atoms with Crippen LogP contribution in [0.5, 0.6) is 11.5 Å². The molecule has 0 spiro atoms. The first-order valence-electron chi connectivity index (χ1n) is 14.9. The maximum atomic E-state index is 14.4. The van der Waals surface area contributed by atoms with E-state index in [0.29, 0.717) is 30.3 Å². The van der Waals surface area contributed by atoms with E-state index in [0.717, 1.165) is 38.1 Å². The van der Waals surface area contributed by atoms with Crippen LogP contribution in [0, 0.1) is 37.4 Å². The maximum absolute atomic E-state index is 14.4. The van der Waals surface area contributed by atoms with E-state index in [4.69, 9.17) is 32.7 Å². The molecule has 4 unspecified atom stereocenters. The number of nitrogens with zero attached hydrogens (tertiary/aromatic N) is 1. The molecule has 1 heterocycles. The normalized spacial score (nSPS) is 23.1. The van der Waals surface area contributed by atoms with Gasteiger partial charge in [0.1, 0.15) is 24.8 Å². The highest BCUT2D eigenvalue weighted by Crippen LogP contribution is 2.50. The molecule has 1 amide bonds. The molecule has 0 bridgehead atoms. The minimum Gasteiger partial charge on any atom is -0.490 e. The zero-order chi connectivity index (χ0) is 29.4. The number of carbonyl (C=O) groups excluding carboxylic acids is 1. The summed E-state index contributed by atoms with van der Waals surface area (Å²) in [5.41, 5.74) is 5.00. The Morgan fingerprint density at radius 3 is 2.43 bits per heavy atom. The van der Waals surface area contributed by atoms with Gasteiger partial charge in [0.2, 0.25) is 5.91 Å². The molecule has 3 aromatic carbocycles. The molecular weight excluding hydrogens is 574 g/mol. The summed E-state index contributed by atoms with van der Waals surface area (Å²) in [5, 5.41) is 3.80. The van der Waals surface area contributed by atoms with Crippen LogP contribution in [-0.4, -0.2) is 43.2 Å². The second-order valence-electron chi connectivity index (χ2n) is 12.0. The highest BCUT2D eigenvalue weighted by Gasteiger charge is 2.51. The highest BCUT2D eigenvalue weighted by molar-refractivity contribution is 6.37. The van der Waals surface area contributed by atoms with Gasteiger partial charge in [-0.1, -0.05) is 53.5 Å². The summed E-state index contributed by atoms with van der Waals surface area (Å²) in [6.07, 6.45) is 3.20. The van der Waals surface area contributed by atoms with E-state index in [1.165, 1.54) is 34.4 Å². The van der Waals surface area contributed by atoms with Crippen molar-refractivity contribution in [2.75, 3.05) is 26.3 Å². The zero-order valence-electron chi connectivity index (χ0n) is 24.0. The van der Waals surface area contributed by atoms with Gasteiger partial charge in [-0.2, -0.15) is 0 Å². The Labute approximate surface area is 257 Å². The number of fused-ring (bicyclic) bond motifs is 1. The zero-order valence-corrected chi connectivity index (χ0v) is 25.6. The average Bonchev–Trinajstić information content (AvgIpc) is 3.59. The Morgan fingerprint density at radius 1 is 1.00 bits per heavy atom. The molecule has 8 heteroatoms. The molecule has 2 aliphatic carbocycles. The number of hydrogen-bond donors (Lipinski definition) is 1. The molecule has 1 saturated heterocycles. The quantitative estimate of drug-likeness (QED) is 0.244. The van der Waals surface area contributed by atoms with Gasteiger partial charge in [0.15, 0.2) is 5.75 Å². The van der Waals surface area contributed by atoms with E-state index in [2.05, 4.69) is 54.4 Å². The summed E-state index contributed by atoms with van der Waals surface area (Å²) in [4.78, 5) is 16.6. The van der Waals surface area contributed by atoms with E-state index in [9.17, 15) is 9.18 Å². The highest BCUT2D eigenvalue weighted by atomic mass is 35.5. The molecule has 6 rings (SSSR count). The summed E-state index contributed by atoms with van der Waals surface area (Å²) in [6.45, 7) is 7.36. The second-order valence-corrected chi connectivity index (χ2v) is 12.8. The fourth-order valence-electron chi connectivity index (χ4n) is 6.81. The lowest BCUT2D eigenvalue weighted by Gasteiger charge is -2.32. The summed E-state index contributed by atoms with van der Waals surface area (Å²) in [6, 6.07) is 17.2. The minimum absolute atomic E-state index is 0.0268. The largest absolute Gasteiger partial charge is 0.490 e. The molecule has 222 valence electrons. The van der Waals surface area contributed by atoms with Crippen molar-refractivity contribution >= 4 is 29.1 Å². The predicted molar refractivity (Wildman–Crippen MR) is 164 cm³/mol. The van der Waals surface area contributed by atoms with E-state index < -0.39 is 5.82 Å². The third kappa shape index (κ3) is 6.13. The van der Waals surface area contributed by atoms with E-state index in [1.54, 1.807) is 0 Å². The van der Waals surface area contributed by atoms with Crippen molar-refractivity contribution in [3.05, 3.63) is 92.7 Å². The van der Waals surface area contributed by atoms with E-state index in [-0.39, 0.29) is 40.8 Å². The van der Waals surface area contributed by atoms with Crippen LogP contribution in [0.3, 0.4) is 0 Å². The maximum Gasteiger partial charge on any atom is 0.227 e. The third-order valence-corrected chi connectivity index (χ3v) is 9.89. The molecule has 3 aromatic rings. The molecule has 0 aromatic heterocycles. The van der Waals surface area contributed by atoms with Crippen LogP contribution >= 0.6 is 23.2 Å². The first kappa shape index (κ1) is 29.3. The van der Waals surface area contributed by atoms with Gasteiger partial charge >= 0.3 is 0 Å². The summed E-state index contributed by atoms with van der Waals surface area (Å²) < 4.78 is 24.9. The average molecular weight is 612 g/mol. The third-order valence-electron chi connectivity index (χ3n) is 9.33. The Balaban J connectivity index is 1.13. The second kappa shape index (κ2) is 12.4. The van der Waals surface area contributed by atoms with Gasteiger partial charge in [0.05, 0.1) is 10.0 Å². The van der Waals surface area contributed by atoms with Crippen LogP contribution < -0.4 is 14.8 Å². The van der Waals surface area contributed by atoms with Crippen LogP contribution in [0.1, 0.15) is 47.4 Å². The van der Waals surface area contributed by atoms with Crippen LogP contribution in [0.4, 0.5) is 4.39 Å². The number of rotatable bonds is 10. The van der Waals surface area contributed by atoms with Gasteiger partial charge < -0.3 is 19.7 Å². The Hall–Kier alpha value is -2.80. The molecule has 1 N–H and O–H groups in total. The lowest BCUT2D eigenvalue weighted by molar-refractivity contribution is -0.138. The van der Waals surface area contributed by atoms with Gasteiger partial charge in [-0.15, -0.1) is 0 Å². The molecule has 0 radical (unpaired) electrons. The van der Waals surface area contributed by atoms with Gasteiger partial charge in [0.25, 0.3) is 0 Å². The van der Waals surface area contributed by atoms with Gasteiger partial charge in [0, 0.05) is 18.5 Å². The standard InChI is InChI=1S/C34H37Cl2FN2O3/c1-20-4-3-5-23(21(20)2)19-39(26-8-9-26)34(40)32-28(14-24-17-38-18-29(24)32)22-6-10-27(11-7-22)41-12-13-42-33-30(35)15-25(37)16-31(33)36/h3-7,10-11,15-16,24,26,28-29,32,38H,8-9,12-14,17-19H2,1-2H3.